The highest BCUT2D eigenvalue weighted by molar-refractivity contribution is 7.07. The van der Waals surface area contributed by atoms with Crippen molar-refractivity contribution < 1.29 is 14.3 Å². The normalized spacial score (nSPS) is 20.3. The third-order valence-corrected chi connectivity index (χ3v) is 4.81. The van der Waals surface area contributed by atoms with Gasteiger partial charge in [-0.1, -0.05) is 0 Å². The van der Waals surface area contributed by atoms with Crippen LogP contribution in [0.25, 0.3) is 5.78 Å². The Bertz CT molecular complexity index is 897. The van der Waals surface area contributed by atoms with Crippen molar-refractivity contribution in [1.82, 2.24) is 29.9 Å². The number of aromatic nitrogens is 5. The van der Waals surface area contributed by atoms with Crippen LogP contribution in [0, 0.1) is 6.92 Å². The summed E-state index contributed by atoms with van der Waals surface area (Å²) in [6, 6.07) is 1.64. The molecule has 3 aromatic heterocycles. The van der Waals surface area contributed by atoms with Gasteiger partial charge in [-0.25, -0.2) is 9.97 Å². The van der Waals surface area contributed by atoms with Crippen molar-refractivity contribution >= 4 is 23.0 Å². The van der Waals surface area contributed by atoms with E-state index in [1.54, 1.807) is 22.2 Å². The van der Waals surface area contributed by atoms with Crippen LogP contribution in [0.1, 0.15) is 28.4 Å². The Morgan fingerprint density at radius 1 is 1.50 bits per heavy atom. The molecule has 1 aliphatic rings. The molecule has 136 valence electrons. The lowest BCUT2D eigenvalue weighted by Crippen LogP contribution is -2.50. The molecule has 4 heterocycles. The molecule has 0 unspecified atom stereocenters. The molecular weight excluding hydrogens is 356 g/mol. The number of thiazole rings is 1. The molecule has 1 amide bonds. The van der Waals surface area contributed by atoms with Gasteiger partial charge in [0.25, 0.3) is 11.7 Å². The van der Waals surface area contributed by atoms with Crippen LogP contribution in [0.4, 0.5) is 0 Å². The van der Waals surface area contributed by atoms with E-state index in [0.717, 1.165) is 11.4 Å². The van der Waals surface area contributed by atoms with E-state index in [2.05, 4.69) is 25.5 Å². The molecule has 0 spiro atoms. The Morgan fingerprint density at radius 2 is 2.42 bits per heavy atom. The number of amides is 1. The molecule has 0 aliphatic carbocycles. The number of fused-ring (bicyclic) bond motifs is 1. The van der Waals surface area contributed by atoms with Gasteiger partial charge in [0.1, 0.15) is 6.10 Å². The highest BCUT2D eigenvalue weighted by atomic mass is 32.1. The number of hydrogen-bond donors (Lipinski definition) is 1. The monoisotopic (exact) mass is 374 g/mol. The van der Waals surface area contributed by atoms with E-state index in [4.69, 9.17) is 9.47 Å². The molecule has 26 heavy (non-hydrogen) atoms. The summed E-state index contributed by atoms with van der Waals surface area (Å²) >= 11 is 1.52. The molecule has 3 aromatic rings. The van der Waals surface area contributed by atoms with Crippen LogP contribution in [0.5, 0.6) is 0 Å². The smallest absolute Gasteiger partial charge is 0.289 e. The second-order valence-corrected chi connectivity index (χ2v) is 6.75. The number of aryl methyl sites for hydroxylation is 1. The molecule has 1 aliphatic heterocycles. The van der Waals surface area contributed by atoms with Crippen LogP contribution < -0.4 is 5.32 Å². The molecule has 2 atom stereocenters. The van der Waals surface area contributed by atoms with Crippen molar-refractivity contribution in [3.8, 4) is 0 Å². The van der Waals surface area contributed by atoms with Gasteiger partial charge in [0.05, 0.1) is 30.5 Å². The minimum absolute atomic E-state index is 0.166. The summed E-state index contributed by atoms with van der Waals surface area (Å²) in [5.74, 6) is 0.299. The Labute approximate surface area is 153 Å². The van der Waals surface area contributed by atoms with Gasteiger partial charge in [-0.05, 0) is 19.4 Å². The standard InChI is InChI=1S/C16H18N6O3S/c1-10-2-4-22-14(20-21-16(22)18-10)15(23)19-12-3-5-24-7-13(12)25-6-11-8-26-9-17-11/h2,4,8-9,12-13H,3,5-7H2,1H3,(H,19,23)/t12-,13-/m1/s1. The number of hydrogen-bond acceptors (Lipinski definition) is 8. The largest absolute Gasteiger partial charge is 0.379 e. The first-order valence-electron chi connectivity index (χ1n) is 8.26. The van der Waals surface area contributed by atoms with Gasteiger partial charge in [-0.15, -0.1) is 21.5 Å². The summed E-state index contributed by atoms with van der Waals surface area (Å²) in [5, 5.41) is 12.9. The summed E-state index contributed by atoms with van der Waals surface area (Å²) in [6.07, 6.45) is 2.17. The van der Waals surface area contributed by atoms with Gasteiger partial charge < -0.3 is 14.8 Å². The van der Waals surface area contributed by atoms with Gasteiger partial charge in [-0.3, -0.25) is 9.20 Å². The predicted octanol–water partition coefficient (Wildman–Crippen LogP) is 0.993. The van der Waals surface area contributed by atoms with Crippen molar-refractivity contribution in [2.75, 3.05) is 13.2 Å². The fourth-order valence-electron chi connectivity index (χ4n) is 2.80. The van der Waals surface area contributed by atoms with Crippen LogP contribution >= 0.6 is 11.3 Å². The average molecular weight is 374 g/mol. The number of nitrogens with zero attached hydrogens (tertiary/aromatic N) is 5. The lowest BCUT2D eigenvalue weighted by molar-refractivity contribution is -0.0742. The molecule has 0 saturated carbocycles. The molecule has 0 bridgehead atoms. The first-order valence-corrected chi connectivity index (χ1v) is 9.20. The zero-order valence-corrected chi connectivity index (χ0v) is 15.0. The third-order valence-electron chi connectivity index (χ3n) is 4.17. The minimum atomic E-state index is -0.308. The Morgan fingerprint density at radius 3 is 3.27 bits per heavy atom. The highest BCUT2D eigenvalue weighted by Crippen LogP contribution is 2.15. The van der Waals surface area contributed by atoms with Crippen molar-refractivity contribution in [2.24, 2.45) is 0 Å². The van der Waals surface area contributed by atoms with Crippen LogP contribution in [-0.4, -0.2) is 55.8 Å². The molecule has 0 aromatic carbocycles. The molecule has 9 nitrogen and oxygen atoms in total. The van der Waals surface area contributed by atoms with E-state index in [0.29, 0.717) is 32.0 Å². The summed E-state index contributed by atoms with van der Waals surface area (Å²) in [5.41, 5.74) is 3.45. The maximum atomic E-state index is 12.7. The summed E-state index contributed by atoms with van der Waals surface area (Å²) < 4.78 is 13.0. The van der Waals surface area contributed by atoms with Crippen molar-refractivity contribution in [3.63, 3.8) is 0 Å². The van der Waals surface area contributed by atoms with Crippen LogP contribution in [0.3, 0.4) is 0 Å². The number of nitrogens with one attached hydrogen (secondary N) is 1. The second-order valence-electron chi connectivity index (χ2n) is 6.04. The highest BCUT2D eigenvalue weighted by Gasteiger charge is 2.29. The van der Waals surface area contributed by atoms with E-state index in [-0.39, 0.29) is 23.9 Å². The van der Waals surface area contributed by atoms with Gasteiger partial charge in [-0.2, -0.15) is 0 Å². The molecular formula is C16H18N6O3S. The van der Waals surface area contributed by atoms with E-state index in [1.807, 2.05) is 12.3 Å². The van der Waals surface area contributed by atoms with Crippen LogP contribution in [0.2, 0.25) is 0 Å². The third kappa shape index (κ3) is 3.57. The second kappa shape index (κ2) is 7.44. The molecule has 4 rings (SSSR count). The molecule has 1 saturated heterocycles. The van der Waals surface area contributed by atoms with Gasteiger partial charge in [0.2, 0.25) is 5.82 Å². The van der Waals surface area contributed by atoms with Crippen LogP contribution in [-0.2, 0) is 16.1 Å². The van der Waals surface area contributed by atoms with E-state index < -0.39 is 0 Å². The van der Waals surface area contributed by atoms with Gasteiger partial charge in [0.15, 0.2) is 0 Å². The zero-order chi connectivity index (χ0) is 17.9. The number of rotatable bonds is 5. The Balaban J connectivity index is 1.45. The SMILES string of the molecule is Cc1ccn2c(C(=O)N[C@@H]3CCOC[C@H]3OCc3cscn3)nnc2n1. The van der Waals surface area contributed by atoms with Gasteiger partial charge >= 0.3 is 0 Å². The lowest BCUT2D eigenvalue weighted by Gasteiger charge is -2.31. The fourth-order valence-corrected chi connectivity index (χ4v) is 3.35. The first-order chi connectivity index (χ1) is 12.7. The Hall–Kier alpha value is -2.43. The molecule has 0 radical (unpaired) electrons. The number of carbonyl (C=O) groups is 1. The number of carbonyl (C=O) groups excluding carboxylic acids is 1. The summed E-state index contributed by atoms with van der Waals surface area (Å²) in [4.78, 5) is 21.1. The van der Waals surface area contributed by atoms with Gasteiger partial charge in [0, 0.05) is 23.9 Å². The quantitative estimate of drug-likeness (QED) is 0.710. The minimum Gasteiger partial charge on any atom is -0.379 e. The average Bonchev–Trinajstić information content (AvgIpc) is 3.30. The fraction of sp³-hybridized carbons (Fsp3) is 0.438. The first kappa shape index (κ1) is 17.0. The summed E-state index contributed by atoms with van der Waals surface area (Å²) in [6.45, 7) is 3.25. The zero-order valence-electron chi connectivity index (χ0n) is 14.2. The van der Waals surface area contributed by atoms with Crippen LogP contribution in [0.15, 0.2) is 23.2 Å². The maximum Gasteiger partial charge on any atom is 0.289 e. The van der Waals surface area contributed by atoms with Crippen molar-refractivity contribution in [2.45, 2.75) is 32.1 Å². The van der Waals surface area contributed by atoms with E-state index in [9.17, 15) is 4.79 Å². The van der Waals surface area contributed by atoms with Crippen molar-refractivity contribution in [1.29, 1.82) is 0 Å². The Kier molecular flexibility index (Phi) is 4.87. The summed E-state index contributed by atoms with van der Waals surface area (Å²) in [7, 11) is 0. The molecule has 10 heteroatoms. The predicted molar refractivity (Wildman–Crippen MR) is 92.9 cm³/mol. The van der Waals surface area contributed by atoms with E-state index in [1.165, 1.54) is 11.3 Å². The topological polar surface area (TPSA) is 104 Å². The molecule has 1 fully saturated rings. The maximum absolute atomic E-state index is 12.7. The molecule has 1 N–H and O–H groups in total. The lowest BCUT2D eigenvalue weighted by atomic mass is 10.1. The van der Waals surface area contributed by atoms with E-state index >= 15 is 0 Å². The van der Waals surface area contributed by atoms with Crippen molar-refractivity contribution in [3.05, 3.63) is 40.4 Å². The number of ether oxygens (including phenoxy) is 2.